The summed E-state index contributed by atoms with van der Waals surface area (Å²) in [4.78, 5) is 13.2. The van der Waals surface area contributed by atoms with Crippen LogP contribution in [0.5, 0.6) is 5.75 Å². The summed E-state index contributed by atoms with van der Waals surface area (Å²) >= 11 is 0. The number of carbonyl (C=O) groups excluding carboxylic acids is 1. The average molecular weight is 383 g/mol. The third-order valence-electron chi connectivity index (χ3n) is 5.17. The number of aliphatic hydroxyl groups is 1. The van der Waals surface area contributed by atoms with Crippen LogP contribution in [0.1, 0.15) is 24.8 Å². The highest BCUT2D eigenvalue weighted by molar-refractivity contribution is 5.87. The Morgan fingerprint density at radius 1 is 1.11 bits per heavy atom. The Bertz CT molecular complexity index is 741. The lowest BCUT2D eigenvalue weighted by molar-refractivity contribution is -0.0212. The van der Waals surface area contributed by atoms with Crippen LogP contribution in [0.3, 0.4) is 0 Å². The molecule has 0 bridgehead atoms. The molecule has 6 nitrogen and oxygen atoms in total. The number of benzene rings is 2. The number of urea groups is 1. The molecule has 1 aliphatic heterocycles. The molecule has 0 aromatic heterocycles. The van der Waals surface area contributed by atoms with Crippen LogP contribution in [-0.4, -0.2) is 47.9 Å². The lowest BCUT2D eigenvalue weighted by atomic mass is 9.85. The molecule has 28 heavy (non-hydrogen) atoms. The van der Waals surface area contributed by atoms with Gasteiger partial charge in [-0.05, 0) is 49.1 Å². The van der Waals surface area contributed by atoms with Gasteiger partial charge in [0.15, 0.2) is 0 Å². The summed E-state index contributed by atoms with van der Waals surface area (Å²) in [6, 6.07) is 16.8. The molecule has 0 unspecified atom stereocenters. The van der Waals surface area contributed by atoms with Gasteiger partial charge in [-0.3, -0.25) is 0 Å². The minimum Gasteiger partial charge on any atom is -0.494 e. The fourth-order valence-corrected chi connectivity index (χ4v) is 3.60. The van der Waals surface area contributed by atoms with Gasteiger partial charge in [0.2, 0.25) is 0 Å². The highest BCUT2D eigenvalue weighted by atomic mass is 16.5. The second-order valence-corrected chi connectivity index (χ2v) is 7.44. The van der Waals surface area contributed by atoms with E-state index in [2.05, 4.69) is 22.3 Å². The molecule has 6 heteroatoms. The van der Waals surface area contributed by atoms with E-state index in [0.717, 1.165) is 51.1 Å². The number of hydrogen-bond donors (Lipinski definition) is 3. The van der Waals surface area contributed by atoms with Crippen molar-refractivity contribution in [1.29, 1.82) is 0 Å². The third-order valence-corrected chi connectivity index (χ3v) is 5.17. The van der Waals surface area contributed by atoms with Crippen molar-refractivity contribution in [2.24, 2.45) is 5.73 Å². The third kappa shape index (κ3) is 6.25. The monoisotopic (exact) mass is 383 g/mol. The zero-order valence-corrected chi connectivity index (χ0v) is 16.1. The van der Waals surface area contributed by atoms with Crippen molar-refractivity contribution in [2.45, 2.75) is 31.3 Å². The van der Waals surface area contributed by atoms with Crippen molar-refractivity contribution in [3.63, 3.8) is 0 Å². The fraction of sp³-hybridized carbons (Fsp3) is 0.409. The maximum atomic E-state index is 10.9. The Kier molecular flexibility index (Phi) is 6.90. The van der Waals surface area contributed by atoms with Gasteiger partial charge in [0.25, 0.3) is 0 Å². The SMILES string of the molecule is NC(=O)Nc1ccc(OCCCN2CCC(O)(Cc3ccccc3)CC2)cc1. The van der Waals surface area contributed by atoms with Crippen LogP contribution in [-0.2, 0) is 6.42 Å². The second-order valence-electron chi connectivity index (χ2n) is 7.44. The molecular formula is C22H29N3O3. The maximum absolute atomic E-state index is 10.9. The van der Waals surface area contributed by atoms with E-state index in [-0.39, 0.29) is 0 Å². The van der Waals surface area contributed by atoms with Crippen LogP contribution in [0.4, 0.5) is 10.5 Å². The van der Waals surface area contributed by atoms with Crippen LogP contribution < -0.4 is 15.8 Å². The number of nitrogens with zero attached hydrogens (tertiary/aromatic N) is 1. The summed E-state index contributed by atoms with van der Waals surface area (Å²) in [7, 11) is 0. The first-order chi connectivity index (χ1) is 13.5. The van der Waals surface area contributed by atoms with Crippen molar-refractivity contribution in [3.8, 4) is 5.75 Å². The summed E-state index contributed by atoms with van der Waals surface area (Å²) in [6.45, 7) is 3.42. The van der Waals surface area contributed by atoms with Gasteiger partial charge in [0.1, 0.15) is 5.75 Å². The molecule has 0 aliphatic carbocycles. The van der Waals surface area contributed by atoms with Crippen molar-refractivity contribution >= 4 is 11.7 Å². The van der Waals surface area contributed by atoms with E-state index in [4.69, 9.17) is 10.5 Å². The number of piperidine rings is 1. The average Bonchev–Trinajstić information content (AvgIpc) is 2.68. The predicted octanol–water partition coefficient (Wildman–Crippen LogP) is 3.02. The molecular weight excluding hydrogens is 354 g/mol. The predicted molar refractivity (Wildman–Crippen MR) is 111 cm³/mol. The smallest absolute Gasteiger partial charge is 0.316 e. The van der Waals surface area contributed by atoms with Gasteiger partial charge in [-0.25, -0.2) is 4.79 Å². The van der Waals surface area contributed by atoms with E-state index in [1.807, 2.05) is 30.3 Å². The van der Waals surface area contributed by atoms with Crippen LogP contribution in [0.15, 0.2) is 54.6 Å². The number of nitrogens with one attached hydrogen (secondary N) is 1. The number of nitrogens with two attached hydrogens (primary N) is 1. The molecule has 3 rings (SSSR count). The first-order valence-corrected chi connectivity index (χ1v) is 9.80. The van der Waals surface area contributed by atoms with Gasteiger partial charge < -0.3 is 25.8 Å². The molecule has 2 amide bonds. The van der Waals surface area contributed by atoms with Gasteiger partial charge in [-0.15, -0.1) is 0 Å². The molecule has 1 fully saturated rings. The Morgan fingerprint density at radius 3 is 2.43 bits per heavy atom. The number of ether oxygens (including phenoxy) is 1. The topological polar surface area (TPSA) is 87.8 Å². The Hall–Kier alpha value is -2.57. The van der Waals surface area contributed by atoms with Crippen LogP contribution >= 0.6 is 0 Å². The van der Waals surface area contributed by atoms with Gasteiger partial charge >= 0.3 is 6.03 Å². The fourth-order valence-electron chi connectivity index (χ4n) is 3.60. The van der Waals surface area contributed by atoms with Crippen LogP contribution in [0.2, 0.25) is 0 Å². The number of rotatable bonds is 8. The van der Waals surface area contributed by atoms with Gasteiger partial charge in [0, 0.05) is 31.7 Å². The first kappa shape index (κ1) is 20.2. The van der Waals surface area contributed by atoms with Gasteiger partial charge in [-0.2, -0.15) is 0 Å². The highest BCUT2D eigenvalue weighted by Crippen LogP contribution is 2.26. The molecule has 0 atom stereocenters. The van der Waals surface area contributed by atoms with E-state index >= 15 is 0 Å². The van der Waals surface area contributed by atoms with Gasteiger partial charge in [0.05, 0.1) is 12.2 Å². The minimum atomic E-state index is -0.588. The van der Waals surface area contributed by atoms with E-state index in [1.54, 1.807) is 12.1 Å². The summed E-state index contributed by atoms with van der Waals surface area (Å²) in [5, 5.41) is 13.4. The molecule has 150 valence electrons. The quantitative estimate of drug-likeness (QED) is 0.612. The number of likely N-dealkylation sites (tertiary alicyclic amines) is 1. The molecule has 4 N–H and O–H groups in total. The van der Waals surface area contributed by atoms with E-state index in [1.165, 1.54) is 5.56 Å². The standard InChI is InChI=1S/C22H29N3O3/c23-21(26)24-19-7-9-20(10-8-19)28-16-4-13-25-14-11-22(27,12-15-25)17-18-5-2-1-3-6-18/h1-3,5-10,27H,4,11-17H2,(H3,23,24,26). The molecule has 0 spiro atoms. The second kappa shape index (κ2) is 9.57. The minimum absolute atomic E-state index is 0.578. The highest BCUT2D eigenvalue weighted by Gasteiger charge is 2.32. The zero-order valence-electron chi connectivity index (χ0n) is 16.1. The number of carbonyl (C=O) groups is 1. The molecule has 0 radical (unpaired) electrons. The van der Waals surface area contributed by atoms with Crippen LogP contribution in [0.25, 0.3) is 0 Å². The largest absolute Gasteiger partial charge is 0.494 e. The number of primary amides is 1. The Labute approximate surface area is 166 Å². The molecule has 1 heterocycles. The van der Waals surface area contributed by atoms with E-state index in [9.17, 15) is 9.90 Å². The molecule has 0 saturated carbocycles. The van der Waals surface area contributed by atoms with Crippen LogP contribution in [0, 0.1) is 0 Å². The summed E-state index contributed by atoms with van der Waals surface area (Å²) in [5.74, 6) is 0.769. The van der Waals surface area contributed by atoms with E-state index in [0.29, 0.717) is 12.3 Å². The Balaban J connectivity index is 1.34. The molecule has 2 aromatic rings. The van der Waals surface area contributed by atoms with E-state index < -0.39 is 11.6 Å². The zero-order chi connectivity index (χ0) is 19.8. The number of anilines is 1. The lowest BCUT2D eigenvalue weighted by Crippen LogP contribution is -2.46. The number of hydrogen-bond acceptors (Lipinski definition) is 4. The number of amides is 2. The van der Waals surface area contributed by atoms with Crippen molar-refractivity contribution in [3.05, 3.63) is 60.2 Å². The molecule has 1 aliphatic rings. The maximum Gasteiger partial charge on any atom is 0.316 e. The summed E-state index contributed by atoms with van der Waals surface area (Å²) < 4.78 is 5.76. The van der Waals surface area contributed by atoms with Crippen molar-refractivity contribution < 1.29 is 14.6 Å². The van der Waals surface area contributed by atoms with Crippen molar-refractivity contribution in [2.75, 3.05) is 31.6 Å². The normalized spacial score (nSPS) is 16.5. The summed E-state index contributed by atoms with van der Waals surface area (Å²) in [6.07, 6.45) is 3.26. The lowest BCUT2D eigenvalue weighted by Gasteiger charge is -2.38. The summed E-state index contributed by atoms with van der Waals surface area (Å²) in [5.41, 5.74) is 6.34. The molecule has 2 aromatic carbocycles. The first-order valence-electron chi connectivity index (χ1n) is 9.80. The Morgan fingerprint density at radius 2 is 1.79 bits per heavy atom. The van der Waals surface area contributed by atoms with Crippen molar-refractivity contribution in [1.82, 2.24) is 4.90 Å². The molecule has 1 saturated heterocycles. The van der Waals surface area contributed by atoms with Gasteiger partial charge in [-0.1, -0.05) is 30.3 Å².